The second-order valence-electron chi connectivity index (χ2n) is 11.6. The van der Waals surface area contributed by atoms with E-state index in [2.05, 4.69) is 39.4 Å². The third kappa shape index (κ3) is 6.33. The van der Waals surface area contributed by atoms with E-state index in [0.29, 0.717) is 32.0 Å². The van der Waals surface area contributed by atoms with E-state index in [0.717, 1.165) is 76.0 Å². The summed E-state index contributed by atoms with van der Waals surface area (Å²) in [5.74, 6) is -0.0408. The van der Waals surface area contributed by atoms with Gasteiger partial charge in [0, 0.05) is 43.9 Å². The number of para-hydroxylation sites is 2. The van der Waals surface area contributed by atoms with E-state index < -0.39 is 11.5 Å². The van der Waals surface area contributed by atoms with Gasteiger partial charge >= 0.3 is 5.97 Å². The molecule has 0 bridgehead atoms. The van der Waals surface area contributed by atoms with Crippen LogP contribution in [0.3, 0.4) is 0 Å². The maximum atomic E-state index is 13.9. The van der Waals surface area contributed by atoms with E-state index in [4.69, 9.17) is 5.11 Å². The summed E-state index contributed by atoms with van der Waals surface area (Å²) in [6.07, 6.45) is 7.68. The van der Waals surface area contributed by atoms with Gasteiger partial charge in [-0.25, -0.2) is 0 Å². The van der Waals surface area contributed by atoms with Crippen LogP contribution in [0, 0.1) is 0 Å². The molecule has 3 aliphatic heterocycles. The van der Waals surface area contributed by atoms with Crippen LogP contribution < -0.4 is 10.2 Å². The first-order chi connectivity index (χ1) is 19.5. The molecule has 3 heterocycles. The van der Waals surface area contributed by atoms with Crippen LogP contribution in [-0.2, 0) is 14.4 Å². The molecule has 8 heteroatoms. The van der Waals surface area contributed by atoms with Crippen LogP contribution in [0.4, 0.5) is 11.4 Å². The third-order valence-electron chi connectivity index (χ3n) is 9.01. The maximum absolute atomic E-state index is 13.9. The molecule has 8 nitrogen and oxygen atoms in total. The molecule has 1 spiro atoms. The molecule has 0 radical (unpaired) electrons. The number of benzene rings is 2. The molecular formula is C32H42N4O4. The van der Waals surface area contributed by atoms with Gasteiger partial charge in [0.2, 0.25) is 11.8 Å². The van der Waals surface area contributed by atoms with Crippen LogP contribution in [0.25, 0.3) is 0 Å². The molecule has 3 aliphatic rings. The number of unbranched alkanes of at least 4 members (excludes halogenated alkanes) is 2. The van der Waals surface area contributed by atoms with E-state index >= 15 is 0 Å². The van der Waals surface area contributed by atoms with Crippen molar-refractivity contribution in [1.29, 1.82) is 0 Å². The van der Waals surface area contributed by atoms with Gasteiger partial charge in [-0.2, -0.15) is 0 Å². The fourth-order valence-electron chi connectivity index (χ4n) is 6.78. The van der Waals surface area contributed by atoms with Crippen LogP contribution in [-0.4, -0.2) is 71.1 Å². The molecular weight excluding hydrogens is 504 g/mol. The summed E-state index contributed by atoms with van der Waals surface area (Å²) in [6, 6.07) is 18.5. The summed E-state index contributed by atoms with van der Waals surface area (Å²) >= 11 is 0. The fourth-order valence-corrected chi connectivity index (χ4v) is 6.78. The number of hydrogen-bond donors (Lipinski definition) is 2. The lowest BCUT2D eigenvalue weighted by Crippen LogP contribution is -2.56. The van der Waals surface area contributed by atoms with Crippen molar-refractivity contribution in [3.8, 4) is 0 Å². The minimum Gasteiger partial charge on any atom is -0.481 e. The normalized spacial score (nSPS) is 20.9. The Kier molecular flexibility index (Phi) is 9.04. The quantitative estimate of drug-likeness (QED) is 0.383. The molecule has 1 atom stereocenters. The van der Waals surface area contributed by atoms with E-state index in [-0.39, 0.29) is 18.2 Å². The number of fused-ring (bicyclic) bond motifs is 1. The molecule has 2 N–H and O–H groups in total. The molecule has 0 aliphatic carbocycles. The van der Waals surface area contributed by atoms with Gasteiger partial charge in [-0.1, -0.05) is 42.8 Å². The molecule has 2 fully saturated rings. The molecule has 40 heavy (non-hydrogen) atoms. The average molecular weight is 547 g/mol. The van der Waals surface area contributed by atoms with Crippen molar-refractivity contribution in [2.45, 2.75) is 75.7 Å². The minimum absolute atomic E-state index is 0.106. The zero-order chi connectivity index (χ0) is 28.0. The van der Waals surface area contributed by atoms with Gasteiger partial charge in [-0.3, -0.25) is 14.4 Å². The zero-order valence-corrected chi connectivity index (χ0v) is 23.4. The van der Waals surface area contributed by atoms with Crippen molar-refractivity contribution >= 4 is 29.2 Å². The Bertz CT molecular complexity index is 1180. The maximum Gasteiger partial charge on any atom is 0.303 e. The highest BCUT2D eigenvalue weighted by Crippen LogP contribution is 2.40. The number of carbonyl (C=O) groups is 3. The lowest BCUT2D eigenvalue weighted by molar-refractivity contribution is -0.137. The Hall–Kier alpha value is -3.39. The number of nitrogens with zero attached hydrogens (tertiary/aromatic N) is 3. The number of carboxylic acids is 1. The van der Waals surface area contributed by atoms with E-state index in [1.807, 2.05) is 35.2 Å². The summed E-state index contributed by atoms with van der Waals surface area (Å²) in [5.41, 5.74) is 2.80. The highest BCUT2D eigenvalue weighted by Gasteiger charge is 2.53. The number of anilines is 2. The number of carbonyl (C=O) groups excluding carboxylic acids is 2. The standard InChI is InChI=1S/C32H42N4O4/c37-29-17-16-25(27-13-6-7-14-28(27)33-29)10-9-20-34-22-18-32(19-23-34)31(40)35(21-8-2-5-15-30(38)39)24-36(32)26-11-3-1-4-12-26/h1,3-4,6-7,11-14,25H,2,5,8-10,15-24H2,(H,33,37)(H,38,39). The zero-order valence-electron chi connectivity index (χ0n) is 23.4. The Morgan fingerprint density at radius 3 is 2.45 bits per heavy atom. The highest BCUT2D eigenvalue weighted by atomic mass is 16.4. The second kappa shape index (κ2) is 12.9. The number of likely N-dealkylation sites (tertiary alicyclic amines) is 1. The van der Waals surface area contributed by atoms with Gasteiger partial charge in [-0.05, 0) is 81.2 Å². The topological polar surface area (TPSA) is 93.2 Å². The molecule has 5 rings (SSSR count). The number of hydrogen-bond acceptors (Lipinski definition) is 5. The Balaban J connectivity index is 1.18. The first-order valence-corrected chi connectivity index (χ1v) is 14.9. The molecule has 2 saturated heterocycles. The van der Waals surface area contributed by atoms with Gasteiger partial charge in [-0.15, -0.1) is 0 Å². The van der Waals surface area contributed by atoms with Crippen molar-refractivity contribution in [1.82, 2.24) is 9.80 Å². The summed E-state index contributed by atoms with van der Waals surface area (Å²) in [6.45, 7) is 4.05. The van der Waals surface area contributed by atoms with Gasteiger partial charge in [0.05, 0.1) is 6.67 Å². The highest BCUT2D eigenvalue weighted by molar-refractivity contribution is 5.94. The van der Waals surface area contributed by atoms with E-state index in [9.17, 15) is 14.4 Å². The minimum atomic E-state index is -0.760. The van der Waals surface area contributed by atoms with Crippen molar-refractivity contribution in [2.75, 3.05) is 43.1 Å². The van der Waals surface area contributed by atoms with Gasteiger partial charge in [0.25, 0.3) is 0 Å². The number of carboxylic acid groups (broad SMARTS) is 1. The molecule has 2 aromatic rings. The number of rotatable bonds is 11. The molecule has 214 valence electrons. The monoisotopic (exact) mass is 546 g/mol. The fraction of sp³-hybridized carbons (Fsp3) is 0.531. The predicted octanol–water partition coefficient (Wildman–Crippen LogP) is 5.07. The molecule has 0 aromatic heterocycles. The Morgan fingerprint density at radius 1 is 0.925 bits per heavy atom. The van der Waals surface area contributed by atoms with Crippen molar-refractivity contribution in [3.05, 3.63) is 60.2 Å². The number of nitrogens with one attached hydrogen (secondary N) is 1. The summed E-state index contributed by atoms with van der Waals surface area (Å²) in [7, 11) is 0. The lowest BCUT2D eigenvalue weighted by atomic mass is 9.85. The Labute approximate surface area is 237 Å². The number of aliphatic carboxylic acids is 1. The van der Waals surface area contributed by atoms with Crippen molar-refractivity contribution in [3.63, 3.8) is 0 Å². The van der Waals surface area contributed by atoms with Crippen molar-refractivity contribution < 1.29 is 19.5 Å². The molecule has 2 amide bonds. The largest absolute Gasteiger partial charge is 0.481 e. The van der Waals surface area contributed by atoms with Crippen LogP contribution in [0.15, 0.2) is 54.6 Å². The lowest BCUT2D eigenvalue weighted by Gasteiger charge is -2.43. The van der Waals surface area contributed by atoms with Crippen LogP contribution >= 0.6 is 0 Å². The molecule has 0 saturated carbocycles. The van der Waals surface area contributed by atoms with Crippen LogP contribution in [0.2, 0.25) is 0 Å². The summed E-state index contributed by atoms with van der Waals surface area (Å²) in [5, 5.41) is 12.0. The molecule has 1 unspecified atom stereocenters. The van der Waals surface area contributed by atoms with Crippen LogP contribution in [0.5, 0.6) is 0 Å². The molecule has 2 aromatic carbocycles. The average Bonchev–Trinajstić information content (AvgIpc) is 3.11. The second-order valence-corrected chi connectivity index (χ2v) is 11.6. The predicted molar refractivity (Wildman–Crippen MR) is 156 cm³/mol. The SMILES string of the molecule is O=C(O)CCCCCN1CN(c2ccccc2)C2(CCN(CCCC3CCC(=O)Nc4ccccc43)CC2)C1=O. The smallest absolute Gasteiger partial charge is 0.303 e. The Morgan fingerprint density at radius 2 is 1.68 bits per heavy atom. The van der Waals surface area contributed by atoms with Gasteiger partial charge in [0.15, 0.2) is 0 Å². The first-order valence-electron chi connectivity index (χ1n) is 14.9. The van der Waals surface area contributed by atoms with E-state index in [1.165, 1.54) is 5.56 Å². The third-order valence-corrected chi connectivity index (χ3v) is 9.01. The summed E-state index contributed by atoms with van der Waals surface area (Å²) in [4.78, 5) is 43.7. The van der Waals surface area contributed by atoms with E-state index in [1.54, 1.807) is 0 Å². The number of amides is 2. The number of piperidine rings is 1. The van der Waals surface area contributed by atoms with Crippen LogP contribution in [0.1, 0.15) is 75.7 Å². The summed E-state index contributed by atoms with van der Waals surface area (Å²) < 4.78 is 0. The van der Waals surface area contributed by atoms with Gasteiger partial charge in [0.1, 0.15) is 5.54 Å². The van der Waals surface area contributed by atoms with Gasteiger partial charge < -0.3 is 25.1 Å². The first kappa shape index (κ1) is 28.1. The van der Waals surface area contributed by atoms with Crippen molar-refractivity contribution in [2.24, 2.45) is 0 Å².